The minimum absolute atomic E-state index is 0.0931. The van der Waals surface area contributed by atoms with E-state index in [-0.39, 0.29) is 36.9 Å². The lowest BCUT2D eigenvalue weighted by molar-refractivity contribution is -0.146. The maximum Gasteiger partial charge on any atom is 0.306 e. The van der Waals surface area contributed by atoms with E-state index in [0.717, 1.165) is 5.56 Å². The van der Waals surface area contributed by atoms with Crippen molar-refractivity contribution in [1.82, 2.24) is 10.2 Å². The number of amides is 3. The zero-order valence-electron chi connectivity index (χ0n) is 29.4. The van der Waals surface area contributed by atoms with Gasteiger partial charge in [0.1, 0.15) is 24.0 Å². The molecule has 12 heteroatoms. The highest BCUT2D eigenvalue weighted by Gasteiger charge is 2.77. The maximum absolute atomic E-state index is 15.0. The summed E-state index contributed by atoms with van der Waals surface area (Å²) < 4.78 is 17.6. The van der Waals surface area contributed by atoms with E-state index in [4.69, 9.17) is 14.2 Å². The smallest absolute Gasteiger partial charge is 0.306 e. The van der Waals surface area contributed by atoms with Crippen molar-refractivity contribution in [2.45, 2.75) is 74.2 Å². The average Bonchev–Trinajstić information content (AvgIpc) is 3.73. The summed E-state index contributed by atoms with van der Waals surface area (Å²) >= 11 is 3.74. The second-order valence-corrected chi connectivity index (χ2v) is 15.0. The SMILES string of the molecule is C=CCCC(=O)OC[C@H](NC(=O)[C@H]1[C@@H]2O[C@@]3(CC2Br)[C@@H]1C(=O)N([C@@H](CO)CC(C)C)[C@@H]3C(=O)N(CC=C)c1ccc(OC)cc1)c1ccccc1. The molecule has 3 heterocycles. The normalized spacial score (nSPS) is 26.0. The van der Waals surface area contributed by atoms with Gasteiger partial charge in [-0.1, -0.05) is 72.3 Å². The number of nitrogens with one attached hydrogen (secondary N) is 1. The highest BCUT2D eigenvalue weighted by Crippen LogP contribution is 2.61. The van der Waals surface area contributed by atoms with Crippen molar-refractivity contribution in [3.63, 3.8) is 0 Å². The molecular weight excluding hydrogens is 718 g/mol. The van der Waals surface area contributed by atoms with Crippen molar-refractivity contribution in [2.24, 2.45) is 17.8 Å². The molecule has 0 radical (unpaired) electrons. The monoisotopic (exact) mass is 765 g/mol. The Kier molecular flexibility index (Phi) is 12.4. The number of halogens is 1. The van der Waals surface area contributed by atoms with Gasteiger partial charge in [-0.15, -0.1) is 13.2 Å². The number of carbonyl (C=O) groups excluding carboxylic acids is 4. The quantitative estimate of drug-likeness (QED) is 0.134. The summed E-state index contributed by atoms with van der Waals surface area (Å²) in [7, 11) is 1.56. The number of rotatable bonds is 17. The van der Waals surface area contributed by atoms with Crippen LogP contribution in [-0.4, -0.2) is 89.2 Å². The van der Waals surface area contributed by atoms with Gasteiger partial charge in [0, 0.05) is 23.5 Å². The molecule has 3 amide bonds. The van der Waals surface area contributed by atoms with E-state index in [1.807, 2.05) is 44.2 Å². The fourth-order valence-corrected chi connectivity index (χ4v) is 8.81. The number of methoxy groups -OCH3 is 1. The topological polar surface area (TPSA) is 135 Å². The Morgan fingerprint density at radius 1 is 1.14 bits per heavy atom. The average molecular weight is 767 g/mol. The van der Waals surface area contributed by atoms with Gasteiger partial charge in [-0.2, -0.15) is 0 Å². The number of aliphatic hydroxyl groups excluding tert-OH is 1. The highest BCUT2D eigenvalue weighted by molar-refractivity contribution is 9.09. The molecule has 1 unspecified atom stereocenters. The predicted molar refractivity (Wildman–Crippen MR) is 196 cm³/mol. The molecule has 2 bridgehead atoms. The Morgan fingerprint density at radius 3 is 2.45 bits per heavy atom. The Morgan fingerprint density at radius 2 is 1.84 bits per heavy atom. The van der Waals surface area contributed by atoms with Crippen LogP contribution in [0.15, 0.2) is 79.9 Å². The summed E-state index contributed by atoms with van der Waals surface area (Å²) in [6, 6.07) is 13.7. The number of aliphatic hydroxyl groups is 1. The maximum atomic E-state index is 15.0. The van der Waals surface area contributed by atoms with E-state index in [0.29, 0.717) is 30.7 Å². The molecule has 0 saturated carbocycles. The third-order valence-corrected chi connectivity index (χ3v) is 10.9. The predicted octanol–water partition coefficient (Wildman–Crippen LogP) is 4.74. The van der Waals surface area contributed by atoms with Gasteiger partial charge in [-0.3, -0.25) is 19.2 Å². The zero-order valence-corrected chi connectivity index (χ0v) is 31.0. The fourth-order valence-electron chi connectivity index (χ4n) is 7.86. The molecule has 11 nitrogen and oxygen atoms in total. The summed E-state index contributed by atoms with van der Waals surface area (Å²) in [4.78, 5) is 59.4. The van der Waals surface area contributed by atoms with Gasteiger partial charge in [0.05, 0.1) is 43.7 Å². The molecule has 3 aliphatic heterocycles. The number of hydrogen-bond donors (Lipinski definition) is 2. The fraction of sp³-hybridized carbons (Fsp3) is 0.487. The van der Waals surface area contributed by atoms with Crippen molar-refractivity contribution in [3.8, 4) is 5.75 Å². The molecule has 5 rings (SSSR count). The highest BCUT2D eigenvalue weighted by atomic mass is 79.9. The lowest BCUT2D eigenvalue weighted by Crippen LogP contribution is -2.59. The van der Waals surface area contributed by atoms with Gasteiger partial charge in [0.15, 0.2) is 0 Å². The lowest BCUT2D eigenvalue weighted by Gasteiger charge is -2.39. The van der Waals surface area contributed by atoms with Crippen molar-refractivity contribution in [3.05, 3.63) is 85.5 Å². The number of esters is 1. The molecule has 0 aliphatic carbocycles. The zero-order chi connectivity index (χ0) is 36.9. The van der Waals surface area contributed by atoms with Gasteiger partial charge >= 0.3 is 5.97 Å². The Labute approximate surface area is 308 Å². The van der Waals surface area contributed by atoms with E-state index >= 15 is 0 Å². The largest absolute Gasteiger partial charge is 0.497 e. The van der Waals surface area contributed by atoms with Crippen LogP contribution in [0.1, 0.15) is 51.1 Å². The molecule has 0 aromatic heterocycles. The molecule has 2 aromatic carbocycles. The minimum Gasteiger partial charge on any atom is -0.497 e. The third kappa shape index (κ3) is 7.64. The van der Waals surface area contributed by atoms with Gasteiger partial charge in [0.2, 0.25) is 11.8 Å². The lowest BCUT2D eigenvalue weighted by atomic mass is 9.70. The first-order valence-electron chi connectivity index (χ1n) is 17.4. The van der Waals surface area contributed by atoms with Crippen LogP contribution in [0.5, 0.6) is 5.75 Å². The summed E-state index contributed by atoms with van der Waals surface area (Å²) in [6.45, 7) is 11.2. The number of hydrogen-bond acceptors (Lipinski definition) is 8. The van der Waals surface area contributed by atoms with Crippen LogP contribution in [0.3, 0.4) is 0 Å². The second-order valence-electron chi connectivity index (χ2n) is 13.8. The van der Waals surface area contributed by atoms with Gasteiger partial charge in [-0.25, -0.2) is 0 Å². The molecule has 2 aromatic rings. The number of ether oxygens (including phenoxy) is 3. The van der Waals surface area contributed by atoms with E-state index in [1.165, 1.54) is 4.90 Å². The van der Waals surface area contributed by atoms with E-state index in [2.05, 4.69) is 34.4 Å². The van der Waals surface area contributed by atoms with Crippen LogP contribution in [0.25, 0.3) is 0 Å². The van der Waals surface area contributed by atoms with Crippen molar-refractivity contribution < 1.29 is 38.5 Å². The molecular formula is C39H48BrN3O8. The van der Waals surface area contributed by atoms with Crippen molar-refractivity contribution >= 4 is 45.3 Å². The number of allylic oxidation sites excluding steroid dienone is 1. The number of likely N-dealkylation sites (tertiary alicyclic amines) is 1. The van der Waals surface area contributed by atoms with E-state index < -0.39 is 65.4 Å². The standard InChI is InChI=1S/C39H48BrN3O8/c1-6-8-14-31(45)50-23-30(25-12-10-9-11-13-25)41-36(46)32-33-37(47)43(27(22-44)20-24(3)4)35(39(33)21-29(40)34(32)51-39)38(48)42(19-7-2)26-15-17-28(49-5)18-16-26/h6-7,9-13,15-18,24,27,29-30,32-35,44H,1-2,8,14,19-23H2,3-5H3,(H,41,46)/t27-,29?,30+,32-,33+,34-,35-,39+/m1/s1. The first kappa shape index (κ1) is 38.2. The van der Waals surface area contributed by atoms with Crippen LogP contribution < -0.4 is 15.0 Å². The summed E-state index contributed by atoms with van der Waals surface area (Å²) in [6.07, 6.45) is 3.90. The van der Waals surface area contributed by atoms with Gasteiger partial charge < -0.3 is 34.4 Å². The van der Waals surface area contributed by atoms with Gasteiger partial charge in [0.25, 0.3) is 5.91 Å². The summed E-state index contributed by atoms with van der Waals surface area (Å²) in [5, 5.41) is 13.8. The summed E-state index contributed by atoms with van der Waals surface area (Å²) in [5.74, 6) is -2.93. The number of fused-ring (bicyclic) bond motifs is 1. The Balaban J connectivity index is 1.53. The molecule has 51 heavy (non-hydrogen) atoms. The number of benzene rings is 2. The van der Waals surface area contributed by atoms with Crippen LogP contribution in [-0.2, 0) is 28.7 Å². The first-order valence-corrected chi connectivity index (χ1v) is 18.4. The van der Waals surface area contributed by atoms with Gasteiger partial charge in [-0.05, 0) is 55.0 Å². The van der Waals surface area contributed by atoms with Crippen LogP contribution in [0.4, 0.5) is 5.69 Å². The van der Waals surface area contributed by atoms with Crippen LogP contribution in [0, 0.1) is 17.8 Å². The molecule has 1 spiro atoms. The third-order valence-electron chi connectivity index (χ3n) is 10.1. The molecule has 3 saturated heterocycles. The van der Waals surface area contributed by atoms with E-state index in [9.17, 15) is 24.3 Å². The number of alkyl halides is 1. The van der Waals surface area contributed by atoms with Crippen molar-refractivity contribution in [2.75, 3.05) is 31.8 Å². The first-order chi connectivity index (χ1) is 24.5. The number of nitrogens with zero attached hydrogens (tertiary/aromatic N) is 2. The van der Waals surface area contributed by atoms with E-state index in [1.54, 1.807) is 48.4 Å². The minimum atomic E-state index is -1.36. The molecule has 3 aliphatic rings. The number of carbonyl (C=O) groups is 4. The van der Waals surface area contributed by atoms with Crippen LogP contribution >= 0.6 is 15.9 Å². The molecule has 2 N–H and O–H groups in total. The molecule has 274 valence electrons. The second kappa shape index (κ2) is 16.6. The summed E-state index contributed by atoms with van der Waals surface area (Å²) in [5.41, 5.74) is -0.0613. The Bertz CT molecular complexity index is 1590. The molecule has 8 atom stereocenters. The number of anilines is 1. The van der Waals surface area contributed by atoms with Crippen LogP contribution in [0.2, 0.25) is 0 Å². The van der Waals surface area contributed by atoms with Crippen molar-refractivity contribution in [1.29, 1.82) is 0 Å². The Hall–Kier alpha value is -4.00. The molecule has 3 fully saturated rings.